The predicted molar refractivity (Wildman–Crippen MR) is 87.3 cm³/mol. The average Bonchev–Trinajstić information content (AvgIpc) is 3.16. The summed E-state index contributed by atoms with van der Waals surface area (Å²) in [5.74, 6) is 1.37. The van der Waals surface area contributed by atoms with E-state index in [0.717, 1.165) is 44.4 Å². The lowest BCUT2D eigenvalue weighted by atomic mass is 9.90. The summed E-state index contributed by atoms with van der Waals surface area (Å²) in [4.78, 5) is 14.9. The molecule has 1 unspecified atom stereocenters. The zero-order chi connectivity index (χ0) is 15.9. The summed E-state index contributed by atoms with van der Waals surface area (Å²) < 4.78 is 5.36. The Bertz CT molecular complexity index is 705. The van der Waals surface area contributed by atoms with Crippen LogP contribution in [0.1, 0.15) is 60.3 Å². The van der Waals surface area contributed by atoms with E-state index in [1.54, 1.807) is 0 Å². The molecule has 2 fully saturated rings. The number of hydrogen-bond donors (Lipinski definition) is 0. The van der Waals surface area contributed by atoms with Crippen molar-refractivity contribution in [1.82, 2.24) is 10.1 Å². The minimum absolute atomic E-state index is 0.0107. The van der Waals surface area contributed by atoms with Gasteiger partial charge in [-0.2, -0.15) is 0 Å². The van der Waals surface area contributed by atoms with Gasteiger partial charge in [0.2, 0.25) is 0 Å². The van der Waals surface area contributed by atoms with Crippen molar-refractivity contribution in [3.05, 3.63) is 53.4 Å². The summed E-state index contributed by atoms with van der Waals surface area (Å²) in [5, 5.41) is 4.03. The quantitative estimate of drug-likeness (QED) is 0.863. The minimum Gasteiger partial charge on any atom is -0.360 e. The first-order valence-corrected chi connectivity index (χ1v) is 8.48. The van der Waals surface area contributed by atoms with Crippen LogP contribution in [0, 0.1) is 0 Å². The van der Waals surface area contributed by atoms with Gasteiger partial charge in [-0.25, -0.2) is 0 Å². The van der Waals surface area contributed by atoms with Gasteiger partial charge < -0.3 is 9.42 Å². The Morgan fingerprint density at radius 1 is 1.35 bits per heavy atom. The van der Waals surface area contributed by atoms with E-state index in [9.17, 15) is 4.79 Å². The fraction of sp³-hybridized carbons (Fsp3) is 0.474. The first-order valence-electron chi connectivity index (χ1n) is 8.48. The number of nitrogens with zero attached hydrogens (tertiary/aromatic N) is 2. The number of benzene rings is 1. The second-order valence-corrected chi connectivity index (χ2v) is 7.11. The molecule has 1 aliphatic carbocycles. The van der Waals surface area contributed by atoms with Crippen molar-refractivity contribution in [3.8, 4) is 0 Å². The number of amides is 1. The molecule has 4 rings (SSSR count). The molecule has 4 heteroatoms. The lowest BCUT2D eigenvalue weighted by Gasteiger charge is -2.35. The van der Waals surface area contributed by atoms with Gasteiger partial charge in [0.15, 0.2) is 5.69 Å². The number of aromatic nitrogens is 1. The molecule has 0 radical (unpaired) electrons. The van der Waals surface area contributed by atoms with Gasteiger partial charge in [-0.15, -0.1) is 0 Å². The van der Waals surface area contributed by atoms with Crippen molar-refractivity contribution < 1.29 is 9.32 Å². The normalized spacial score (nSPS) is 24.1. The zero-order valence-electron chi connectivity index (χ0n) is 13.5. The van der Waals surface area contributed by atoms with Crippen LogP contribution in [0.25, 0.3) is 0 Å². The van der Waals surface area contributed by atoms with Crippen molar-refractivity contribution >= 4 is 5.91 Å². The topological polar surface area (TPSA) is 46.3 Å². The number of hydrogen-bond acceptors (Lipinski definition) is 3. The Balaban J connectivity index is 1.54. The van der Waals surface area contributed by atoms with E-state index in [1.165, 1.54) is 5.56 Å². The van der Waals surface area contributed by atoms with Crippen LogP contribution in [-0.4, -0.2) is 28.0 Å². The highest BCUT2D eigenvalue weighted by Crippen LogP contribution is 2.40. The van der Waals surface area contributed by atoms with Crippen molar-refractivity contribution in [2.75, 3.05) is 6.54 Å². The number of carbonyl (C=O) groups is 1. The molecule has 0 spiro atoms. The van der Waals surface area contributed by atoms with Crippen molar-refractivity contribution in [2.24, 2.45) is 0 Å². The lowest BCUT2D eigenvalue weighted by molar-refractivity contribution is 0.0614. The molecule has 1 aliphatic heterocycles. The molecule has 2 aliphatic rings. The van der Waals surface area contributed by atoms with Crippen molar-refractivity contribution in [2.45, 2.75) is 50.5 Å². The lowest BCUT2D eigenvalue weighted by Crippen LogP contribution is -2.46. The second kappa shape index (κ2) is 5.52. The molecule has 1 aromatic carbocycles. The molecule has 1 atom stereocenters. The van der Waals surface area contributed by atoms with Crippen LogP contribution >= 0.6 is 0 Å². The Morgan fingerprint density at radius 3 is 2.87 bits per heavy atom. The van der Waals surface area contributed by atoms with E-state index in [1.807, 2.05) is 17.0 Å². The Morgan fingerprint density at radius 2 is 2.13 bits per heavy atom. The third kappa shape index (κ3) is 2.78. The molecule has 120 valence electrons. The van der Waals surface area contributed by atoms with Gasteiger partial charge in [-0.05, 0) is 44.6 Å². The Labute approximate surface area is 136 Å². The van der Waals surface area contributed by atoms with Crippen LogP contribution in [0.15, 0.2) is 40.9 Å². The molecule has 2 heterocycles. The highest BCUT2D eigenvalue weighted by molar-refractivity contribution is 5.93. The fourth-order valence-corrected chi connectivity index (χ4v) is 3.68. The number of carbonyl (C=O) groups excluding carboxylic acids is 1. The summed E-state index contributed by atoms with van der Waals surface area (Å²) in [6.07, 6.45) is 5.26. The van der Waals surface area contributed by atoms with E-state index in [0.29, 0.717) is 11.6 Å². The van der Waals surface area contributed by atoms with E-state index in [2.05, 4.69) is 36.3 Å². The summed E-state index contributed by atoms with van der Waals surface area (Å²) in [7, 11) is 0. The molecule has 0 N–H and O–H groups in total. The Hall–Kier alpha value is -2.10. The number of rotatable bonds is 4. The smallest absolute Gasteiger partial charge is 0.276 e. The highest BCUT2D eigenvalue weighted by Gasteiger charge is 2.41. The van der Waals surface area contributed by atoms with Gasteiger partial charge in [-0.3, -0.25) is 4.79 Å². The molecular weight excluding hydrogens is 288 g/mol. The van der Waals surface area contributed by atoms with Crippen molar-refractivity contribution in [3.63, 3.8) is 0 Å². The molecular formula is C19H22N2O2. The minimum atomic E-state index is -0.142. The highest BCUT2D eigenvalue weighted by atomic mass is 16.5. The van der Waals surface area contributed by atoms with Crippen LogP contribution in [0.4, 0.5) is 0 Å². The number of likely N-dealkylation sites (tertiary alicyclic amines) is 1. The van der Waals surface area contributed by atoms with Crippen LogP contribution in [0.5, 0.6) is 0 Å². The van der Waals surface area contributed by atoms with Gasteiger partial charge in [-0.1, -0.05) is 35.5 Å². The molecule has 4 nitrogen and oxygen atoms in total. The maximum absolute atomic E-state index is 12.9. The summed E-state index contributed by atoms with van der Waals surface area (Å²) in [6.45, 7) is 2.99. The van der Waals surface area contributed by atoms with Crippen LogP contribution in [-0.2, 0) is 6.42 Å². The third-order valence-electron chi connectivity index (χ3n) is 5.15. The van der Waals surface area contributed by atoms with Crippen LogP contribution in [0.2, 0.25) is 0 Å². The zero-order valence-corrected chi connectivity index (χ0v) is 13.5. The maximum Gasteiger partial charge on any atom is 0.276 e. The molecule has 2 aromatic rings. The van der Waals surface area contributed by atoms with Gasteiger partial charge in [0.1, 0.15) is 5.76 Å². The standard InChI is InChI=1S/C19H22N2O2/c1-19(13-14-6-3-2-4-7-14)10-5-11-21(19)18(22)16-12-17(23-20-16)15-8-9-15/h2-4,6-7,12,15H,5,8-11,13H2,1H3. The Kier molecular flexibility index (Phi) is 3.47. The maximum atomic E-state index is 12.9. The molecule has 0 bridgehead atoms. The summed E-state index contributed by atoms with van der Waals surface area (Å²) >= 11 is 0. The molecule has 1 amide bonds. The summed E-state index contributed by atoms with van der Waals surface area (Å²) in [5.41, 5.74) is 1.60. The molecule has 1 saturated carbocycles. The molecule has 23 heavy (non-hydrogen) atoms. The third-order valence-corrected chi connectivity index (χ3v) is 5.15. The van der Waals surface area contributed by atoms with Gasteiger partial charge >= 0.3 is 0 Å². The van der Waals surface area contributed by atoms with Gasteiger partial charge in [0.05, 0.1) is 0 Å². The molecule has 1 saturated heterocycles. The summed E-state index contributed by atoms with van der Waals surface area (Å²) in [6, 6.07) is 12.2. The first-order chi connectivity index (χ1) is 11.2. The van der Waals surface area contributed by atoms with Crippen LogP contribution in [0.3, 0.4) is 0 Å². The van der Waals surface area contributed by atoms with Gasteiger partial charge in [0, 0.05) is 24.1 Å². The fourth-order valence-electron chi connectivity index (χ4n) is 3.68. The van der Waals surface area contributed by atoms with E-state index in [-0.39, 0.29) is 11.4 Å². The SMILES string of the molecule is CC1(Cc2ccccc2)CCCN1C(=O)c1cc(C2CC2)on1. The molecule has 1 aromatic heterocycles. The van der Waals surface area contributed by atoms with Crippen molar-refractivity contribution in [1.29, 1.82) is 0 Å². The average molecular weight is 310 g/mol. The van der Waals surface area contributed by atoms with E-state index in [4.69, 9.17) is 4.52 Å². The van der Waals surface area contributed by atoms with E-state index >= 15 is 0 Å². The largest absolute Gasteiger partial charge is 0.360 e. The van der Waals surface area contributed by atoms with E-state index < -0.39 is 0 Å². The van der Waals surface area contributed by atoms with Crippen LogP contribution < -0.4 is 0 Å². The van der Waals surface area contributed by atoms with Gasteiger partial charge in [0.25, 0.3) is 5.91 Å². The predicted octanol–water partition coefficient (Wildman–Crippen LogP) is 3.79. The second-order valence-electron chi connectivity index (χ2n) is 7.11. The monoisotopic (exact) mass is 310 g/mol. The first kappa shape index (κ1) is 14.5.